The molecule has 0 unspecified atom stereocenters. The van der Waals surface area contributed by atoms with Gasteiger partial charge in [0.05, 0.1) is 5.69 Å². The molecule has 0 fully saturated rings. The fourth-order valence-electron chi connectivity index (χ4n) is 1.41. The average Bonchev–Trinajstić information content (AvgIpc) is 3.61. The number of hydrogen-bond acceptors (Lipinski definition) is 4. The zero-order chi connectivity index (χ0) is 39.4. The average molecular weight is 788 g/mol. The molecule has 4 nitrogen and oxygen atoms in total. The van der Waals surface area contributed by atoms with Crippen LogP contribution in [-0.2, 0) is 13.0 Å². The number of aromatic nitrogens is 1. The second-order valence-corrected chi connectivity index (χ2v) is 4.27. The first-order chi connectivity index (χ1) is 21.2. The van der Waals surface area contributed by atoms with E-state index in [0.29, 0.717) is 0 Å². The Hall–Kier alpha value is -3.11. The third-order valence-corrected chi connectivity index (χ3v) is 3.18. The van der Waals surface area contributed by atoms with Crippen LogP contribution in [0.5, 0.6) is 0 Å². The molecule has 2 rings (SSSR count). The van der Waals surface area contributed by atoms with Gasteiger partial charge >= 0.3 is 5.97 Å². The number of nitrogens with zero attached hydrogens (tertiary/aromatic N) is 2. The summed E-state index contributed by atoms with van der Waals surface area (Å²) in [6.45, 7) is 1.80. The minimum atomic E-state index is -0.915. The quantitative estimate of drug-likeness (QED) is 0.288. The van der Waals surface area contributed by atoms with Crippen molar-refractivity contribution in [3.8, 4) is 0 Å². The van der Waals surface area contributed by atoms with Crippen LogP contribution in [-0.4, -0.2) is 34.6 Å². The van der Waals surface area contributed by atoms with Gasteiger partial charge < -0.3 is 10.0 Å². The van der Waals surface area contributed by atoms with Crippen LogP contribution in [0.4, 0.5) is 142 Å². The van der Waals surface area contributed by atoms with Gasteiger partial charge in [-0.3, -0.25) is 4.70 Å². The molecule has 1 aromatic heterocycles. The van der Waals surface area contributed by atoms with E-state index in [1.807, 2.05) is 7.05 Å². The number of aromatic carboxylic acids is 1. The van der Waals surface area contributed by atoms with E-state index in [0.717, 1.165) is 30.1 Å². The summed E-state index contributed by atoms with van der Waals surface area (Å²) >= 11 is 1.29. The van der Waals surface area contributed by atoms with Crippen molar-refractivity contribution in [2.75, 3.05) is 13.6 Å². The molecule has 0 atom stereocenters. The zero-order valence-corrected chi connectivity index (χ0v) is 19.8. The molecule has 1 aromatic rings. The smallest absolute Gasteiger partial charge is 0.365 e. The molecule has 0 saturated carbocycles. The van der Waals surface area contributed by atoms with Crippen LogP contribution in [0.1, 0.15) is 20.4 Å². The van der Waals surface area contributed by atoms with Gasteiger partial charge in [0.2, 0.25) is 5.01 Å². The maximum atomic E-state index is 10.6. The molecule has 36 heteroatoms. The molecule has 0 saturated heterocycles. The molecule has 0 radical (unpaired) electrons. The van der Waals surface area contributed by atoms with Crippen LogP contribution in [0, 0.1) is 0 Å². The molecule has 1 aliphatic rings. The van der Waals surface area contributed by atoms with Gasteiger partial charge in [-0.1, -0.05) is 0 Å². The summed E-state index contributed by atoms with van der Waals surface area (Å²) in [5.41, 5.74) is 0.973. The largest absolute Gasteiger partial charge is 0.476 e. The highest BCUT2D eigenvalue weighted by Gasteiger charge is 2.20. The topological polar surface area (TPSA) is 53.4 Å². The highest BCUT2D eigenvalue weighted by molar-refractivity contribution is 7.13. The number of carboxylic acids is 1. The maximum absolute atomic E-state index is 10.6. The molecule has 0 bridgehead atoms. The van der Waals surface area contributed by atoms with E-state index in [-0.39, 0.29) is 9.71 Å². The first-order valence-corrected chi connectivity index (χ1v) is 7.03. The number of thiazole rings is 1. The summed E-state index contributed by atoms with van der Waals surface area (Å²) in [5, 5.41) is 8.96. The monoisotopic (exact) mass is 788 g/mol. The van der Waals surface area contributed by atoms with Gasteiger partial charge in [-0.05, 0) is 7.05 Å². The first-order valence-electron chi connectivity index (χ1n) is 6.21. The van der Waals surface area contributed by atoms with E-state index >= 15 is 0 Å². The number of carbonyl (C=O) groups is 1. The second kappa shape index (κ2) is 211. The lowest BCUT2D eigenvalue weighted by Gasteiger charge is -2.20. The Kier molecular flexibility index (Phi) is 467. The van der Waals surface area contributed by atoms with Crippen molar-refractivity contribution in [3.05, 3.63) is 15.6 Å². The number of carboxylic acid groups (broad SMARTS) is 1. The van der Waals surface area contributed by atoms with Crippen LogP contribution in [0.25, 0.3) is 0 Å². The molecular weight excluding hydrogens is 777 g/mol. The van der Waals surface area contributed by atoms with E-state index in [1.54, 1.807) is 0 Å². The van der Waals surface area contributed by atoms with E-state index in [4.69, 9.17) is 142 Å². The van der Waals surface area contributed by atoms with Crippen molar-refractivity contribution in [2.45, 2.75) is 13.0 Å². The Morgan fingerprint density at radius 1 is 0.568 bits per heavy atom. The van der Waals surface area contributed by atoms with Gasteiger partial charge in [0.15, 0.2) is 0 Å². The van der Waals surface area contributed by atoms with Crippen molar-refractivity contribution < 1.29 is 152 Å². The Balaban J connectivity index is -0.0000000180. The minimum Gasteiger partial charge on any atom is -0.476 e. The highest BCUT2D eigenvalue weighted by Crippen LogP contribution is 2.24. The van der Waals surface area contributed by atoms with Crippen LogP contribution >= 0.6 is 11.3 Å². The lowest BCUT2D eigenvalue weighted by Crippen LogP contribution is -2.25. The number of fused-ring (bicyclic) bond motifs is 1. The Morgan fingerprint density at radius 3 is 1.00 bits per heavy atom. The van der Waals surface area contributed by atoms with Gasteiger partial charge in [-0.25, -0.2) is 9.78 Å². The van der Waals surface area contributed by atoms with Crippen molar-refractivity contribution >= 4 is 17.3 Å². The van der Waals surface area contributed by atoms with E-state index in [2.05, 4.69) is 9.88 Å². The van der Waals surface area contributed by atoms with Crippen LogP contribution < -0.4 is 0 Å². The Morgan fingerprint density at radius 2 is 0.795 bits per heavy atom. The summed E-state index contributed by atoms with van der Waals surface area (Å²) in [6.07, 6.45) is 0.871. The van der Waals surface area contributed by atoms with Crippen LogP contribution in [0.15, 0.2) is 0 Å². The van der Waals surface area contributed by atoms with Gasteiger partial charge in [0, 0.05) is 162 Å². The van der Waals surface area contributed by atoms with Crippen molar-refractivity contribution in [3.63, 3.8) is 0 Å². The molecule has 2 heterocycles. The number of halogens is 31. The number of hydrogen-bond donors (Lipinski definition) is 1. The molecule has 44 heavy (non-hydrogen) atoms. The minimum absolute atomic E-state index is 0. The molecule has 1 N–H and O–H groups in total. The van der Waals surface area contributed by atoms with E-state index in [9.17, 15) is 4.79 Å². The van der Waals surface area contributed by atoms with Crippen molar-refractivity contribution in [1.82, 2.24) is 9.88 Å². The van der Waals surface area contributed by atoms with E-state index < -0.39 is 5.97 Å². The van der Waals surface area contributed by atoms with Crippen LogP contribution in [0.2, 0.25) is 0 Å². The lowest BCUT2D eigenvalue weighted by atomic mass is 10.2. The van der Waals surface area contributed by atoms with Gasteiger partial charge in [0.25, 0.3) is 0 Å². The van der Waals surface area contributed by atoms with E-state index in [1.165, 1.54) is 11.3 Å². The number of likely N-dealkylation sites (N-methyl/N-ethyl adjacent to an activating group) is 1. The van der Waals surface area contributed by atoms with Crippen molar-refractivity contribution in [2.24, 2.45) is 0 Å². The molecular formula is C8H11F31N2O2S. The molecule has 0 amide bonds. The Labute approximate surface area is 223 Å². The van der Waals surface area contributed by atoms with Gasteiger partial charge in [-0.15, -0.1) is 11.3 Å². The fourth-order valence-corrected chi connectivity index (χ4v) is 2.44. The zero-order valence-electron chi connectivity index (χ0n) is 19.0. The molecule has 0 spiro atoms. The normalized spacial score (nSPS) is 7.07. The first kappa shape index (κ1) is 97.1. The Bertz CT molecular complexity index is 386. The predicted octanol–water partition coefficient (Wildman–Crippen LogP) is 13.6. The molecule has 0 aliphatic carbocycles. The third-order valence-electron chi connectivity index (χ3n) is 2.11. The summed E-state index contributed by atoms with van der Waals surface area (Å²) in [5.74, 6) is -0.915. The molecule has 288 valence electrons. The second-order valence-electron chi connectivity index (χ2n) is 3.18. The SMILES string of the molecule is CN1CCc2nc(C(=O)O)sc2C1.F.FF.FF.FF.FF.FF.FF.FF.FF.FF.FF.FF.FF.FF.FF.FF. The van der Waals surface area contributed by atoms with Crippen molar-refractivity contribution in [1.29, 1.82) is 0 Å². The summed E-state index contributed by atoms with van der Waals surface area (Å²) in [6, 6.07) is 0. The van der Waals surface area contributed by atoms with Gasteiger partial charge in [0.1, 0.15) is 0 Å². The summed E-state index contributed by atoms with van der Waals surface area (Å²) in [4.78, 5) is 18.0. The fraction of sp³-hybridized carbons (Fsp3) is 0.500. The third kappa shape index (κ3) is 117. The predicted molar refractivity (Wildman–Crippen MR) is 84.9 cm³/mol. The number of rotatable bonds is 1. The molecule has 1 aliphatic heterocycles. The highest BCUT2D eigenvalue weighted by atomic mass is 32.1. The van der Waals surface area contributed by atoms with Gasteiger partial charge in [-0.2, -0.15) is 0 Å². The molecule has 0 aromatic carbocycles. The summed E-state index contributed by atoms with van der Waals surface area (Å²) in [7, 11) is 2.03. The lowest BCUT2D eigenvalue weighted by molar-refractivity contribution is 0.0696. The maximum Gasteiger partial charge on any atom is 0.365 e. The van der Waals surface area contributed by atoms with Crippen LogP contribution in [0.3, 0.4) is 0 Å². The standard InChI is InChI=1S/C8H10N2O2S.15F2.FH/c1-10-3-2-5-6(4-10)13-7(9-5)8(11)12;15*1-2;/h2-4H2,1H3,(H,11,12);;;;;;;;;;;;;;;;1H. The summed E-state index contributed by atoms with van der Waals surface area (Å²) < 4.78 is 240.